The van der Waals surface area contributed by atoms with Crippen LogP contribution >= 0.6 is 11.8 Å². The lowest BCUT2D eigenvalue weighted by Crippen LogP contribution is -2.30. The summed E-state index contributed by atoms with van der Waals surface area (Å²) in [7, 11) is 0. The minimum Gasteiger partial charge on any atom is -0.381 e. The number of hydrogen-bond acceptors (Lipinski definition) is 6. The molecule has 0 radical (unpaired) electrons. The van der Waals surface area contributed by atoms with E-state index in [9.17, 15) is 0 Å². The number of thioether (sulfide) groups is 1. The van der Waals surface area contributed by atoms with Gasteiger partial charge in [-0.2, -0.15) is 16.7 Å². The number of ether oxygens (including phenoxy) is 1. The molecule has 1 aliphatic rings. The minimum atomic E-state index is 0.215. The van der Waals surface area contributed by atoms with E-state index in [2.05, 4.69) is 15.5 Å². The van der Waals surface area contributed by atoms with E-state index in [0.717, 1.165) is 36.9 Å². The number of aromatic nitrogens is 2. The van der Waals surface area contributed by atoms with E-state index in [1.165, 1.54) is 0 Å². The van der Waals surface area contributed by atoms with E-state index in [1.807, 2.05) is 18.7 Å². The predicted octanol–water partition coefficient (Wildman–Crippen LogP) is 1.03. The highest BCUT2D eigenvalue weighted by Crippen LogP contribution is 2.20. The summed E-state index contributed by atoms with van der Waals surface area (Å²) in [5.74, 6) is 3.61. The normalized spacial score (nSPS) is 21.2. The van der Waals surface area contributed by atoms with Crippen molar-refractivity contribution in [1.29, 1.82) is 0 Å². The van der Waals surface area contributed by atoms with Crippen LogP contribution in [0.15, 0.2) is 4.52 Å². The second kappa shape index (κ2) is 6.22. The van der Waals surface area contributed by atoms with Gasteiger partial charge in [0.2, 0.25) is 5.89 Å². The third-order valence-corrected chi connectivity index (χ3v) is 3.44. The van der Waals surface area contributed by atoms with Crippen molar-refractivity contribution >= 4 is 11.8 Å². The molecular weight excluding hydrogens is 226 g/mol. The Hall–Kier alpha value is -0.590. The second-order valence-electron chi connectivity index (χ2n) is 3.58. The van der Waals surface area contributed by atoms with Crippen molar-refractivity contribution in [2.75, 3.05) is 31.3 Å². The fraction of sp³-hybridized carbons (Fsp3) is 0.800. The summed E-state index contributed by atoms with van der Waals surface area (Å²) < 4.78 is 10.5. The molecule has 0 aromatic carbocycles. The van der Waals surface area contributed by atoms with Crippen molar-refractivity contribution < 1.29 is 9.26 Å². The maximum absolute atomic E-state index is 5.25. The Morgan fingerprint density at radius 2 is 2.56 bits per heavy atom. The van der Waals surface area contributed by atoms with Gasteiger partial charge in [0, 0.05) is 31.1 Å². The Kier molecular flexibility index (Phi) is 4.62. The zero-order valence-electron chi connectivity index (χ0n) is 9.44. The molecule has 1 atom stereocenters. The number of hydrogen-bond donors (Lipinski definition) is 1. The van der Waals surface area contributed by atoms with Gasteiger partial charge in [-0.1, -0.05) is 5.16 Å². The maximum Gasteiger partial charge on any atom is 0.244 e. The average Bonchev–Trinajstić information content (AvgIpc) is 2.79. The Balaban J connectivity index is 1.85. The molecule has 1 unspecified atom stereocenters. The zero-order valence-corrected chi connectivity index (χ0v) is 10.3. The van der Waals surface area contributed by atoms with Crippen molar-refractivity contribution in [3.05, 3.63) is 11.7 Å². The van der Waals surface area contributed by atoms with Gasteiger partial charge in [-0.05, 0) is 6.92 Å². The first-order valence-corrected chi connectivity index (χ1v) is 6.77. The van der Waals surface area contributed by atoms with Gasteiger partial charge >= 0.3 is 0 Å². The van der Waals surface area contributed by atoms with Crippen LogP contribution in [0, 0.1) is 0 Å². The van der Waals surface area contributed by atoms with Crippen LogP contribution in [0.5, 0.6) is 0 Å². The number of nitrogens with zero attached hydrogens (tertiary/aromatic N) is 2. The first-order valence-electron chi connectivity index (χ1n) is 5.61. The summed E-state index contributed by atoms with van der Waals surface area (Å²) in [5.41, 5.74) is 0. The van der Waals surface area contributed by atoms with Crippen LogP contribution in [-0.2, 0) is 11.2 Å². The van der Waals surface area contributed by atoms with Gasteiger partial charge in [-0.15, -0.1) is 0 Å². The van der Waals surface area contributed by atoms with Crippen LogP contribution in [0.25, 0.3) is 0 Å². The molecule has 1 saturated heterocycles. The topological polar surface area (TPSA) is 60.2 Å². The summed E-state index contributed by atoms with van der Waals surface area (Å²) in [5, 5.41) is 7.32. The molecular formula is C10H17N3O2S. The summed E-state index contributed by atoms with van der Waals surface area (Å²) in [6, 6.07) is 0.215. The summed E-state index contributed by atoms with van der Waals surface area (Å²) in [4.78, 5) is 4.37. The molecule has 0 aliphatic carbocycles. The highest BCUT2D eigenvalue weighted by molar-refractivity contribution is 7.99. The molecule has 16 heavy (non-hydrogen) atoms. The second-order valence-corrected chi connectivity index (χ2v) is 4.73. The van der Waals surface area contributed by atoms with Crippen molar-refractivity contribution in [3.63, 3.8) is 0 Å². The van der Waals surface area contributed by atoms with Gasteiger partial charge in [0.15, 0.2) is 5.82 Å². The van der Waals surface area contributed by atoms with E-state index in [-0.39, 0.29) is 6.04 Å². The quantitative estimate of drug-likeness (QED) is 0.779. The Morgan fingerprint density at radius 3 is 3.31 bits per heavy atom. The van der Waals surface area contributed by atoms with E-state index >= 15 is 0 Å². The van der Waals surface area contributed by atoms with Crippen LogP contribution in [0.4, 0.5) is 0 Å². The number of rotatable bonds is 5. The van der Waals surface area contributed by atoms with Crippen molar-refractivity contribution in [2.24, 2.45) is 0 Å². The number of nitrogens with one attached hydrogen (secondary N) is 1. The molecule has 0 bridgehead atoms. The van der Waals surface area contributed by atoms with Gasteiger partial charge in [0.25, 0.3) is 0 Å². The highest BCUT2D eigenvalue weighted by Gasteiger charge is 2.21. The molecule has 6 heteroatoms. The third kappa shape index (κ3) is 3.20. The fourth-order valence-electron chi connectivity index (χ4n) is 1.54. The molecule has 1 aromatic heterocycles. The SMILES string of the molecule is CCOCCc1noc(C2CSCCN2)n1. The zero-order chi connectivity index (χ0) is 11.2. The molecule has 90 valence electrons. The summed E-state index contributed by atoms with van der Waals surface area (Å²) in [6.45, 7) is 4.37. The van der Waals surface area contributed by atoms with Crippen LogP contribution in [0.2, 0.25) is 0 Å². The first kappa shape index (κ1) is 11.9. The molecule has 1 aromatic rings. The van der Waals surface area contributed by atoms with Crippen molar-refractivity contribution in [2.45, 2.75) is 19.4 Å². The predicted molar refractivity (Wildman–Crippen MR) is 62.6 cm³/mol. The van der Waals surface area contributed by atoms with Crippen molar-refractivity contribution in [3.8, 4) is 0 Å². The lowest BCUT2D eigenvalue weighted by atomic mass is 10.3. The molecule has 5 nitrogen and oxygen atoms in total. The molecule has 0 saturated carbocycles. The van der Waals surface area contributed by atoms with Gasteiger partial charge in [-0.3, -0.25) is 0 Å². The monoisotopic (exact) mass is 243 g/mol. The maximum atomic E-state index is 5.25. The Morgan fingerprint density at radius 1 is 1.62 bits per heavy atom. The smallest absolute Gasteiger partial charge is 0.244 e. The average molecular weight is 243 g/mol. The largest absolute Gasteiger partial charge is 0.381 e. The molecule has 0 amide bonds. The molecule has 1 aliphatic heterocycles. The first-order chi connectivity index (χ1) is 7.90. The van der Waals surface area contributed by atoms with E-state index in [4.69, 9.17) is 9.26 Å². The lowest BCUT2D eigenvalue weighted by molar-refractivity contribution is 0.149. The summed E-state index contributed by atoms with van der Waals surface area (Å²) in [6.07, 6.45) is 0.719. The van der Waals surface area contributed by atoms with Crippen molar-refractivity contribution in [1.82, 2.24) is 15.5 Å². The standard InChI is InChI=1S/C10H17N3O2S/c1-2-14-5-3-9-12-10(15-13-9)8-7-16-6-4-11-8/h8,11H,2-7H2,1H3. The minimum absolute atomic E-state index is 0.215. The van der Waals surface area contributed by atoms with Gasteiger partial charge in [-0.25, -0.2) is 0 Å². The van der Waals surface area contributed by atoms with E-state index in [1.54, 1.807) is 0 Å². The highest BCUT2D eigenvalue weighted by atomic mass is 32.2. The van der Waals surface area contributed by atoms with Gasteiger partial charge in [0.1, 0.15) is 0 Å². The van der Waals surface area contributed by atoms with Crippen LogP contribution in [0.1, 0.15) is 24.7 Å². The molecule has 1 N–H and O–H groups in total. The lowest BCUT2D eigenvalue weighted by Gasteiger charge is -2.19. The van der Waals surface area contributed by atoms with E-state index in [0.29, 0.717) is 12.5 Å². The van der Waals surface area contributed by atoms with Crippen LogP contribution in [-0.4, -0.2) is 41.4 Å². The van der Waals surface area contributed by atoms with Crippen LogP contribution < -0.4 is 5.32 Å². The van der Waals surface area contributed by atoms with Gasteiger partial charge < -0.3 is 14.6 Å². The van der Waals surface area contributed by atoms with Gasteiger partial charge in [0.05, 0.1) is 12.6 Å². The van der Waals surface area contributed by atoms with Crippen LogP contribution in [0.3, 0.4) is 0 Å². The Bertz CT molecular complexity index is 313. The third-order valence-electron chi connectivity index (χ3n) is 2.38. The summed E-state index contributed by atoms with van der Waals surface area (Å²) >= 11 is 1.91. The Labute approximate surface area is 99.3 Å². The molecule has 2 heterocycles. The fourth-order valence-corrected chi connectivity index (χ4v) is 2.47. The van der Waals surface area contributed by atoms with E-state index < -0.39 is 0 Å². The molecule has 2 rings (SSSR count). The molecule has 0 spiro atoms. The molecule has 1 fully saturated rings.